The van der Waals surface area contributed by atoms with E-state index in [9.17, 15) is 4.79 Å². The number of nitrogens with one attached hydrogen (secondary N) is 1. The molecule has 0 radical (unpaired) electrons. The van der Waals surface area contributed by atoms with E-state index in [1.165, 1.54) is 0 Å². The highest BCUT2D eigenvalue weighted by Crippen LogP contribution is 2.18. The lowest BCUT2D eigenvalue weighted by atomic mass is 9.99. The van der Waals surface area contributed by atoms with Gasteiger partial charge in [0.25, 0.3) is 5.91 Å². The van der Waals surface area contributed by atoms with E-state index in [0.717, 1.165) is 39.0 Å². The molecule has 0 bridgehead atoms. The Kier molecular flexibility index (Phi) is 6.75. The normalized spacial score (nSPS) is 25.1. The molecule has 1 amide bonds. The van der Waals surface area contributed by atoms with Crippen molar-refractivity contribution in [1.82, 2.24) is 15.2 Å². The zero-order valence-corrected chi connectivity index (χ0v) is 14.5. The van der Waals surface area contributed by atoms with Crippen molar-refractivity contribution in [1.29, 1.82) is 0 Å². The van der Waals surface area contributed by atoms with Crippen LogP contribution in [0.1, 0.15) is 29.6 Å². The number of aliphatic hydroxyl groups is 1. The largest absolute Gasteiger partial charge is 0.394 e. The number of carbonyl (C=O) groups excluding carboxylic acids is 1. The van der Waals surface area contributed by atoms with Gasteiger partial charge in [0.05, 0.1) is 31.5 Å². The van der Waals surface area contributed by atoms with Gasteiger partial charge in [0.1, 0.15) is 0 Å². The van der Waals surface area contributed by atoms with Crippen molar-refractivity contribution in [2.45, 2.75) is 37.5 Å². The number of aromatic nitrogens is 1. The third-order valence-corrected chi connectivity index (χ3v) is 4.87. The molecule has 2 saturated heterocycles. The van der Waals surface area contributed by atoms with Gasteiger partial charge in [0.2, 0.25) is 0 Å². The molecule has 7 nitrogen and oxygen atoms in total. The number of hydrogen-bond donors (Lipinski definition) is 2. The number of rotatable bonds is 6. The highest BCUT2D eigenvalue weighted by atomic mass is 16.5. The molecule has 0 aromatic carbocycles. The predicted molar refractivity (Wildman–Crippen MR) is 92.3 cm³/mol. The summed E-state index contributed by atoms with van der Waals surface area (Å²) in [7, 11) is 0. The molecule has 25 heavy (non-hydrogen) atoms. The van der Waals surface area contributed by atoms with Crippen LogP contribution in [0.25, 0.3) is 0 Å². The minimum Gasteiger partial charge on any atom is -0.394 e. The van der Waals surface area contributed by atoms with Crippen molar-refractivity contribution in [3.8, 4) is 0 Å². The fourth-order valence-corrected chi connectivity index (χ4v) is 3.49. The molecule has 0 aliphatic carbocycles. The Labute approximate surface area is 148 Å². The summed E-state index contributed by atoms with van der Waals surface area (Å²) >= 11 is 0. The molecule has 2 N–H and O–H groups in total. The summed E-state index contributed by atoms with van der Waals surface area (Å²) in [6, 6.07) is 4.22. The summed E-state index contributed by atoms with van der Waals surface area (Å²) in [5.74, 6) is 0.0572. The van der Waals surface area contributed by atoms with Gasteiger partial charge in [-0.3, -0.25) is 9.78 Å². The van der Waals surface area contributed by atoms with E-state index in [2.05, 4.69) is 10.3 Å². The number of ether oxygens (including phenoxy) is 2. The van der Waals surface area contributed by atoms with Crippen LogP contribution in [0.3, 0.4) is 0 Å². The van der Waals surface area contributed by atoms with Gasteiger partial charge in [-0.1, -0.05) is 0 Å². The van der Waals surface area contributed by atoms with Crippen LogP contribution in [0, 0.1) is 0 Å². The maximum Gasteiger partial charge on any atom is 0.255 e. The van der Waals surface area contributed by atoms with Gasteiger partial charge >= 0.3 is 0 Å². The van der Waals surface area contributed by atoms with E-state index in [-0.39, 0.29) is 24.7 Å². The SMILES string of the molecule is O=C(c1cccnc1)N1CCC(N[C@@H]2CCOC[C@H]2OCCO)CC1. The molecule has 1 aromatic heterocycles. The van der Waals surface area contributed by atoms with Crippen LogP contribution in [-0.4, -0.2) is 78.6 Å². The van der Waals surface area contributed by atoms with E-state index in [1.54, 1.807) is 18.5 Å². The van der Waals surface area contributed by atoms with Gasteiger partial charge in [-0.15, -0.1) is 0 Å². The molecule has 3 heterocycles. The summed E-state index contributed by atoms with van der Waals surface area (Å²) in [5, 5.41) is 12.6. The number of carbonyl (C=O) groups is 1. The summed E-state index contributed by atoms with van der Waals surface area (Å²) in [4.78, 5) is 18.4. The van der Waals surface area contributed by atoms with Gasteiger partial charge in [-0.2, -0.15) is 0 Å². The Morgan fingerprint density at radius 2 is 2.24 bits per heavy atom. The standard InChI is InChI=1S/C18H27N3O4/c22-9-11-25-17-13-24-10-5-16(17)20-15-3-7-21(8-4-15)18(23)14-2-1-6-19-12-14/h1-2,6,12,15-17,20,22H,3-5,7-11,13H2/t16-,17-/m1/s1. The summed E-state index contributed by atoms with van der Waals surface area (Å²) in [5.41, 5.74) is 0.649. The zero-order valence-electron chi connectivity index (χ0n) is 14.5. The molecule has 0 saturated carbocycles. The maximum atomic E-state index is 12.5. The molecule has 2 aliphatic heterocycles. The van der Waals surface area contributed by atoms with E-state index in [0.29, 0.717) is 24.8 Å². The maximum absolute atomic E-state index is 12.5. The molecular weight excluding hydrogens is 322 g/mol. The second-order valence-corrected chi connectivity index (χ2v) is 6.58. The number of amides is 1. The number of hydrogen-bond acceptors (Lipinski definition) is 6. The van der Waals surface area contributed by atoms with Crippen LogP contribution in [0.5, 0.6) is 0 Å². The molecule has 2 atom stereocenters. The summed E-state index contributed by atoms with van der Waals surface area (Å²) < 4.78 is 11.2. The molecule has 2 fully saturated rings. The first-order valence-electron chi connectivity index (χ1n) is 9.03. The Hall–Kier alpha value is -1.54. The second kappa shape index (κ2) is 9.24. The molecular formula is C18H27N3O4. The van der Waals surface area contributed by atoms with E-state index in [4.69, 9.17) is 14.6 Å². The van der Waals surface area contributed by atoms with Gasteiger partial charge in [-0.05, 0) is 31.4 Å². The Balaban J connectivity index is 1.47. The molecule has 138 valence electrons. The third kappa shape index (κ3) is 4.98. The van der Waals surface area contributed by atoms with Crippen molar-refractivity contribution in [2.75, 3.05) is 39.5 Å². The molecule has 7 heteroatoms. The fourth-order valence-electron chi connectivity index (χ4n) is 3.49. The Morgan fingerprint density at radius 3 is 2.96 bits per heavy atom. The van der Waals surface area contributed by atoms with Crippen molar-refractivity contribution in [3.63, 3.8) is 0 Å². The third-order valence-electron chi connectivity index (χ3n) is 4.87. The van der Waals surface area contributed by atoms with E-state index >= 15 is 0 Å². The first kappa shape index (κ1) is 18.3. The second-order valence-electron chi connectivity index (χ2n) is 6.58. The fraction of sp³-hybridized carbons (Fsp3) is 0.667. The van der Waals surface area contributed by atoms with Crippen LogP contribution >= 0.6 is 0 Å². The number of piperidine rings is 1. The first-order valence-corrected chi connectivity index (χ1v) is 9.03. The lowest BCUT2D eigenvalue weighted by Crippen LogP contribution is -2.54. The van der Waals surface area contributed by atoms with E-state index < -0.39 is 0 Å². The van der Waals surface area contributed by atoms with Gasteiger partial charge in [-0.25, -0.2) is 0 Å². The van der Waals surface area contributed by atoms with Crippen LogP contribution in [0.4, 0.5) is 0 Å². The Morgan fingerprint density at radius 1 is 1.40 bits per heavy atom. The minimum atomic E-state index is -0.0176. The molecule has 1 aromatic rings. The molecule has 2 aliphatic rings. The van der Waals surface area contributed by atoms with Crippen LogP contribution in [0.2, 0.25) is 0 Å². The summed E-state index contributed by atoms with van der Waals surface area (Å²) in [6.45, 7) is 3.15. The lowest BCUT2D eigenvalue weighted by molar-refractivity contribution is -0.0784. The molecule has 0 spiro atoms. The average Bonchev–Trinajstić information content (AvgIpc) is 2.68. The zero-order chi connectivity index (χ0) is 17.5. The number of aliphatic hydroxyl groups excluding tert-OH is 1. The number of likely N-dealkylation sites (tertiary alicyclic amines) is 1. The first-order chi connectivity index (χ1) is 12.3. The van der Waals surface area contributed by atoms with Crippen LogP contribution in [-0.2, 0) is 9.47 Å². The van der Waals surface area contributed by atoms with Crippen molar-refractivity contribution >= 4 is 5.91 Å². The van der Waals surface area contributed by atoms with Gasteiger partial charge in [0.15, 0.2) is 0 Å². The molecule has 3 rings (SSSR count). The highest BCUT2D eigenvalue weighted by Gasteiger charge is 2.30. The topological polar surface area (TPSA) is 83.9 Å². The monoisotopic (exact) mass is 349 g/mol. The van der Waals surface area contributed by atoms with Crippen LogP contribution in [0.15, 0.2) is 24.5 Å². The Bertz CT molecular complexity index is 534. The van der Waals surface area contributed by atoms with Crippen molar-refractivity contribution in [3.05, 3.63) is 30.1 Å². The minimum absolute atomic E-state index is 0.0176. The summed E-state index contributed by atoms with van der Waals surface area (Å²) in [6.07, 6.45) is 6.04. The van der Waals surface area contributed by atoms with Crippen molar-refractivity contribution in [2.24, 2.45) is 0 Å². The number of nitrogens with zero attached hydrogens (tertiary/aromatic N) is 2. The lowest BCUT2D eigenvalue weighted by Gasteiger charge is -2.38. The average molecular weight is 349 g/mol. The highest BCUT2D eigenvalue weighted by molar-refractivity contribution is 5.93. The van der Waals surface area contributed by atoms with Crippen molar-refractivity contribution < 1.29 is 19.4 Å². The quantitative estimate of drug-likeness (QED) is 0.775. The smallest absolute Gasteiger partial charge is 0.255 e. The predicted octanol–water partition coefficient (Wildman–Crippen LogP) is 0.442. The van der Waals surface area contributed by atoms with Gasteiger partial charge in [0, 0.05) is 44.2 Å². The van der Waals surface area contributed by atoms with Gasteiger partial charge < -0.3 is 24.8 Å². The molecule has 0 unspecified atom stereocenters. The number of pyridine rings is 1. The van der Waals surface area contributed by atoms with Crippen LogP contribution < -0.4 is 5.32 Å². The van der Waals surface area contributed by atoms with E-state index in [1.807, 2.05) is 11.0 Å².